The molecule has 33 heavy (non-hydrogen) atoms. The van der Waals surface area contributed by atoms with Gasteiger partial charge in [-0.2, -0.15) is 0 Å². The van der Waals surface area contributed by atoms with Gasteiger partial charge in [0.1, 0.15) is 5.75 Å². The maximum atomic E-state index is 12.9. The van der Waals surface area contributed by atoms with E-state index in [1.165, 1.54) is 10.5 Å². The third-order valence-electron chi connectivity index (χ3n) is 5.38. The van der Waals surface area contributed by atoms with E-state index < -0.39 is 0 Å². The molecule has 0 saturated heterocycles. The van der Waals surface area contributed by atoms with E-state index in [0.29, 0.717) is 11.1 Å². The molecule has 4 nitrogen and oxygen atoms in total. The van der Waals surface area contributed by atoms with E-state index >= 15 is 0 Å². The van der Waals surface area contributed by atoms with Gasteiger partial charge in [0.15, 0.2) is 5.78 Å². The molecular weight excluding hydrogens is 410 g/mol. The van der Waals surface area contributed by atoms with Gasteiger partial charge in [-0.1, -0.05) is 59.7 Å². The number of carbonyl (C=O) groups excluding carboxylic acids is 2. The second-order valence-corrected chi connectivity index (χ2v) is 11.1. The van der Waals surface area contributed by atoms with E-state index in [4.69, 9.17) is 4.74 Å². The predicted molar refractivity (Wildman–Crippen MR) is 137 cm³/mol. The van der Waals surface area contributed by atoms with Crippen molar-refractivity contribution >= 4 is 17.8 Å². The summed E-state index contributed by atoms with van der Waals surface area (Å²) in [6.45, 7) is 17.1. The second kappa shape index (κ2) is 9.94. The topological polar surface area (TPSA) is 46.6 Å². The first kappa shape index (κ1) is 26.4. The van der Waals surface area contributed by atoms with Gasteiger partial charge in [0.05, 0.1) is 6.10 Å². The van der Waals surface area contributed by atoms with Crippen molar-refractivity contribution in [1.82, 2.24) is 4.90 Å². The summed E-state index contributed by atoms with van der Waals surface area (Å²) < 4.78 is 6.27. The fraction of sp³-hybridized carbons (Fsp3) is 0.448. The molecule has 0 bridgehead atoms. The lowest BCUT2D eigenvalue weighted by molar-refractivity contribution is 0.0827. The second-order valence-electron chi connectivity index (χ2n) is 11.1. The van der Waals surface area contributed by atoms with Crippen LogP contribution in [-0.4, -0.2) is 36.8 Å². The molecule has 0 unspecified atom stereocenters. The molecule has 1 amide bonds. The minimum Gasteiger partial charge on any atom is -0.490 e. The fourth-order valence-corrected chi connectivity index (χ4v) is 3.43. The van der Waals surface area contributed by atoms with Gasteiger partial charge >= 0.3 is 0 Å². The Labute approximate surface area is 199 Å². The number of ketones is 1. The van der Waals surface area contributed by atoms with Gasteiger partial charge in [-0.25, -0.2) is 0 Å². The number of amides is 1. The van der Waals surface area contributed by atoms with Crippen molar-refractivity contribution in [3.8, 4) is 5.75 Å². The largest absolute Gasteiger partial charge is 0.490 e. The van der Waals surface area contributed by atoms with Crippen LogP contribution in [0, 0.1) is 0 Å². The van der Waals surface area contributed by atoms with Crippen LogP contribution >= 0.6 is 0 Å². The van der Waals surface area contributed by atoms with Gasteiger partial charge in [-0.3, -0.25) is 9.59 Å². The molecule has 0 atom stereocenters. The molecule has 4 heteroatoms. The number of hydrogen-bond donors (Lipinski definition) is 0. The average molecular weight is 450 g/mol. The quantitative estimate of drug-likeness (QED) is 0.366. The minimum atomic E-state index is -0.118. The number of hydrogen-bond acceptors (Lipinski definition) is 3. The van der Waals surface area contributed by atoms with Crippen LogP contribution in [0.3, 0.4) is 0 Å². The minimum absolute atomic E-state index is 0.0104. The molecule has 0 aliphatic heterocycles. The van der Waals surface area contributed by atoms with E-state index in [1.54, 1.807) is 44.4 Å². The fourth-order valence-electron chi connectivity index (χ4n) is 3.43. The zero-order valence-electron chi connectivity index (χ0n) is 21.9. The Morgan fingerprint density at radius 3 is 1.88 bits per heavy atom. The molecule has 0 aromatic heterocycles. The van der Waals surface area contributed by atoms with Crippen molar-refractivity contribution < 1.29 is 14.3 Å². The van der Waals surface area contributed by atoms with Gasteiger partial charge in [-0.15, -0.1) is 0 Å². The highest BCUT2D eigenvalue weighted by atomic mass is 16.5. The lowest BCUT2D eigenvalue weighted by Gasteiger charge is -2.29. The first-order chi connectivity index (χ1) is 15.1. The standard InChI is InChI=1S/C29H39NO3/c1-19(2)33-26-22(17-23(28(3,4)5)18-24(26)29(6,7)8)15-16-25(31)20-11-13-21(14-12-20)27(32)30(9)10/h11-19H,1-10H3/b16-15+. The first-order valence-electron chi connectivity index (χ1n) is 11.5. The summed E-state index contributed by atoms with van der Waals surface area (Å²) in [7, 11) is 3.41. The molecule has 0 radical (unpaired) electrons. The van der Waals surface area contributed by atoms with Crippen molar-refractivity contribution in [3.63, 3.8) is 0 Å². The van der Waals surface area contributed by atoms with Crippen molar-refractivity contribution in [2.24, 2.45) is 0 Å². The van der Waals surface area contributed by atoms with Crippen LogP contribution in [0.1, 0.15) is 92.8 Å². The molecule has 0 fully saturated rings. The SMILES string of the molecule is CC(C)Oc1c(/C=C/C(=O)c2ccc(C(=O)N(C)C)cc2)cc(C(C)(C)C)cc1C(C)(C)C. The molecule has 0 N–H and O–H groups in total. The number of rotatable bonds is 6. The van der Waals surface area contributed by atoms with Gasteiger partial charge < -0.3 is 9.64 Å². The van der Waals surface area contributed by atoms with Gasteiger partial charge in [-0.05, 0) is 60.6 Å². The zero-order chi connectivity index (χ0) is 25.1. The molecule has 0 spiro atoms. The Morgan fingerprint density at radius 2 is 1.42 bits per heavy atom. The van der Waals surface area contributed by atoms with Crippen LogP contribution in [-0.2, 0) is 10.8 Å². The number of allylic oxidation sites excluding steroid dienone is 1. The summed E-state index contributed by atoms with van der Waals surface area (Å²) in [5, 5.41) is 0. The van der Waals surface area contributed by atoms with Crippen LogP contribution in [0.5, 0.6) is 5.75 Å². The van der Waals surface area contributed by atoms with E-state index in [9.17, 15) is 9.59 Å². The maximum Gasteiger partial charge on any atom is 0.253 e. The first-order valence-corrected chi connectivity index (χ1v) is 11.5. The normalized spacial score (nSPS) is 12.3. The molecule has 0 aliphatic rings. The average Bonchev–Trinajstić information content (AvgIpc) is 2.70. The monoisotopic (exact) mass is 449 g/mol. The number of carbonyl (C=O) groups is 2. The molecular formula is C29H39NO3. The Balaban J connectivity index is 2.51. The Bertz CT molecular complexity index is 1030. The van der Waals surface area contributed by atoms with Crippen LogP contribution < -0.4 is 4.74 Å². The molecule has 2 aromatic rings. The van der Waals surface area contributed by atoms with E-state index in [1.807, 2.05) is 19.9 Å². The molecule has 2 aromatic carbocycles. The highest BCUT2D eigenvalue weighted by Crippen LogP contribution is 2.39. The van der Waals surface area contributed by atoms with Crippen molar-refractivity contribution in [2.45, 2.75) is 72.3 Å². The third kappa shape index (κ3) is 6.80. The van der Waals surface area contributed by atoms with Crippen LogP contribution in [0.25, 0.3) is 6.08 Å². The highest BCUT2D eigenvalue weighted by Gasteiger charge is 2.26. The summed E-state index contributed by atoms with van der Waals surface area (Å²) in [6.07, 6.45) is 3.45. The van der Waals surface area contributed by atoms with E-state index in [-0.39, 0.29) is 28.6 Å². The summed E-state index contributed by atoms with van der Waals surface area (Å²) in [5.41, 5.74) is 4.15. The van der Waals surface area contributed by atoms with Gasteiger partial charge in [0, 0.05) is 36.3 Å². The molecule has 0 saturated carbocycles. The lowest BCUT2D eigenvalue weighted by atomic mass is 9.78. The van der Waals surface area contributed by atoms with Crippen molar-refractivity contribution in [3.05, 3.63) is 70.3 Å². The Hall–Kier alpha value is -2.88. The summed E-state index contributed by atoms with van der Waals surface area (Å²) in [5.74, 6) is 0.614. The smallest absolute Gasteiger partial charge is 0.253 e. The molecule has 0 heterocycles. The van der Waals surface area contributed by atoms with Crippen LogP contribution in [0.4, 0.5) is 0 Å². The van der Waals surface area contributed by atoms with Crippen molar-refractivity contribution in [2.75, 3.05) is 14.1 Å². The zero-order valence-corrected chi connectivity index (χ0v) is 21.9. The van der Waals surface area contributed by atoms with E-state index in [0.717, 1.165) is 16.9 Å². The van der Waals surface area contributed by atoms with Crippen LogP contribution in [0.2, 0.25) is 0 Å². The predicted octanol–water partition coefficient (Wildman–Crippen LogP) is 6.67. The lowest BCUT2D eigenvalue weighted by Crippen LogP contribution is -2.21. The van der Waals surface area contributed by atoms with Crippen LogP contribution in [0.15, 0.2) is 42.5 Å². The van der Waals surface area contributed by atoms with Gasteiger partial charge in [0.25, 0.3) is 5.91 Å². The summed E-state index contributed by atoms with van der Waals surface area (Å²) in [6, 6.07) is 11.1. The number of ether oxygens (including phenoxy) is 1. The maximum absolute atomic E-state index is 12.9. The van der Waals surface area contributed by atoms with Gasteiger partial charge in [0.2, 0.25) is 0 Å². The highest BCUT2D eigenvalue weighted by molar-refractivity contribution is 6.07. The number of nitrogens with zero attached hydrogens (tertiary/aromatic N) is 1. The number of benzene rings is 2. The van der Waals surface area contributed by atoms with E-state index in [2.05, 4.69) is 53.7 Å². The Morgan fingerprint density at radius 1 is 0.879 bits per heavy atom. The summed E-state index contributed by atoms with van der Waals surface area (Å²) in [4.78, 5) is 26.5. The molecule has 178 valence electrons. The molecule has 0 aliphatic carbocycles. The third-order valence-corrected chi connectivity index (χ3v) is 5.38. The molecule has 2 rings (SSSR count). The summed E-state index contributed by atoms with van der Waals surface area (Å²) >= 11 is 0. The van der Waals surface area contributed by atoms with Crippen molar-refractivity contribution in [1.29, 1.82) is 0 Å². The Kier molecular flexibility index (Phi) is 7.95.